The van der Waals surface area contributed by atoms with Crippen molar-refractivity contribution in [1.82, 2.24) is 4.57 Å². The van der Waals surface area contributed by atoms with Gasteiger partial charge in [-0.25, -0.2) is 0 Å². The van der Waals surface area contributed by atoms with Gasteiger partial charge in [-0.05, 0) is 62.3 Å². The normalized spacial score (nSPS) is 30.1. The van der Waals surface area contributed by atoms with Crippen LogP contribution in [0.3, 0.4) is 0 Å². The monoisotopic (exact) mass is 231 g/mol. The van der Waals surface area contributed by atoms with E-state index in [0.717, 1.165) is 18.8 Å². The Bertz CT molecular complexity index is 440. The van der Waals surface area contributed by atoms with Crippen LogP contribution in [0.1, 0.15) is 55.9 Å². The number of rotatable bonds is 3. The lowest BCUT2D eigenvalue weighted by atomic mass is 9.94. The maximum absolute atomic E-state index is 10.00. The highest BCUT2D eigenvalue weighted by Crippen LogP contribution is 2.62. The minimum absolute atomic E-state index is 0.198. The van der Waals surface area contributed by atoms with E-state index in [-0.39, 0.29) is 6.10 Å². The van der Waals surface area contributed by atoms with E-state index in [1.807, 2.05) is 0 Å². The van der Waals surface area contributed by atoms with Gasteiger partial charge in [0.2, 0.25) is 0 Å². The Morgan fingerprint density at radius 2 is 2.12 bits per heavy atom. The van der Waals surface area contributed by atoms with E-state index in [0.29, 0.717) is 5.41 Å². The molecule has 2 saturated carbocycles. The summed E-state index contributed by atoms with van der Waals surface area (Å²) >= 11 is 0. The highest BCUT2D eigenvalue weighted by atomic mass is 16.3. The average Bonchev–Trinajstić information content (AvgIpc) is 3.20. The van der Waals surface area contributed by atoms with Gasteiger partial charge in [0.25, 0.3) is 0 Å². The van der Waals surface area contributed by atoms with Crippen molar-refractivity contribution >= 4 is 0 Å². The molecule has 1 aromatic rings. The molecule has 1 heterocycles. The molecule has 92 valence electrons. The Labute approximate surface area is 103 Å². The second-order valence-electron chi connectivity index (χ2n) is 6.39. The van der Waals surface area contributed by atoms with Crippen molar-refractivity contribution in [2.24, 2.45) is 11.3 Å². The van der Waals surface area contributed by atoms with Crippen LogP contribution < -0.4 is 0 Å². The largest absolute Gasteiger partial charge is 0.388 e. The Balaban J connectivity index is 1.62. The van der Waals surface area contributed by atoms with Crippen molar-refractivity contribution in [3.8, 4) is 0 Å². The predicted molar refractivity (Wildman–Crippen MR) is 66.7 cm³/mol. The fraction of sp³-hybridized carbons (Fsp3) is 0.733. The summed E-state index contributed by atoms with van der Waals surface area (Å²) in [4.78, 5) is 0. The summed E-state index contributed by atoms with van der Waals surface area (Å²) in [5, 5.41) is 10.00. The summed E-state index contributed by atoms with van der Waals surface area (Å²) in [5.41, 5.74) is 3.30. The minimum atomic E-state index is -0.198. The van der Waals surface area contributed by atoms with Crippen molar-refractivity contribution in [3.63, 3.8) is 0 Å². The molecule has 1 N–H and O–H groups in total. The van der Waals surface area contributed by atoms with Gasteiger partial charge in [-0.15, -0.1) is 0 Å². The zero-order valence-corrected chi connectivity index (χ0v) is 10.4. The number of aliphatic hydroxyl groups is 1. The molecule has 2 fully saturated rings. The lowest BCUT2D eigenvalue weighted by molar-refractivity contribution is 0.155. The maximum atomic E-state index is 10.00. The van der Waals surface area contributed by atoms with E-state index in [9.17, 15) is 5.11 Å². The molecule has 4 rings (SSSR count). The fourth-order valence-corrected chi connectivity index (χ4v) is 3.77. The first-order valence-electron chi connectivity index (χ1n) is 7.14. The van der Waals surface area contributed by atoms with Crippen LogP contribution in [0.2, 0.25) is 0 Å². The van der Waals surface area contributed by atoms with Gasteiger partial charge in [-0.1, -0.05) is 0 Å². The van der Waals surface area contributed by atoms with Crippen LogP contribution in [0.25, 0.3) is 0 Å². The standard InChI is InChI=1S/C15H21NO/c17-14-3-1-2-13-12(14)6-9-16(13)10-15(7-8-15)11-4-5-11/h6,9,11,14,17H,1-5,7-8,10H2. The fourth-order valence-electron chi connectivity index (χ4n) is 3.77. The van der Waals surface area contributed by atoms with E-state index in [1.165, 1.54) is 49.9 Å². The molecule has 3 aliphatic rings. The van der Waals surface area contributed by atoms with Crippen LogP contribution in [0, 0.1) is 11.3 Å². The molecular formula is C15H21NO. The molecule has 2 heteroatoms. The first-order valence-corrected chi connectivity index (χ1v) is 7.14. The van der Waals surface area contributed by atoms with E-state index in [2.05, 4.69) is 16.8 Å². The highest BCUT2D eigenvalue weighted by molar-refractivity contribution is 5.28. The molecule has 2 nitrogen and oxygen atoms in total. The Hall–Kier alpha value is -0.760. The molecule has 1 unspecified atom stereocenters. The number of nitrogens with zero attached hydrogens (tertiary/aromatic N) is 1. The summed E-state index contributed by atoms with van der Waals surface area (Å²) in [6.45, 7) is 1.22. The second kappa shape index (κ2) is 3.38. The van der Waals surface area contributed by atoms with E-state index in [1.54, 1.807) is 0 Å². The van der Waals surface area contributed by atoms with Gasteiger partial charge in [0.15, 0.2) is 0 Å². The molecule has 0 spiro atoms. The zero-order chi connectivity index (χ0) is 11.5. The molecule has 1 aromatic heterocycles. The van der Waals surface area contributed by atoms with Gasteiger partial charge in [0.1, 0.15) is 0 Å². The topological polar surface area (TPSA) is 25.2 Å². The SMILES string of the molecule is OC1CCCc2c1ccn2CC1(C2CC2)CC1. The number of aromatic nitrogens is 1. The van der Waals surface area contributed by atoms with Gasteiger partial charge in [0.05, 0.1) is 6.10 Å². The van der Waals surface area contributed by atoms with Gasteiger partial charge in [-0.2, -0.15) is 0 Å². The third-order valence-corrected chi connectivity index (χ3v) is 5.18. The van der Waals surface area contributed by atoms with Gasteiger partial charge in [0, 0.05) is 24.0 Å². The van der Waals surface area contributed by atoms with E-state index in [4.69, 9.17) is 0 Å². The number of fused-ring (bicyclic) bond motifs is 1. The number of hydrogen-bond donors (Lipinski definition) is 1. The Morgan fingerprint density at radius 1 is 1.29 bits per heavy atom. The quantitative estimate of drug-likeness (QED) is 0.849. The predicted octanol–water partition coefficient (Wildman–Crippen LogP) is 3.05. The third kappa shape index (κ3) is 1.57. The molecule has 1 atom stereocenters. The summed E-state index contributed by atoms with van der Waals surface area (Å²) in [6.07, 6.45) is 11.1. The van der Waals surface area contributed by atoms with Gasteiger partial charge >= 0.3 is 0 Å². The van der Waals surface area contributed by atoms with Crippen molar-refractivity contribution < 1.29 is 5.11 Å². The Kier molecular flexibility index (Phi) is 2.03. The first kappa shape index (κ1) is 10.2. The van der Waals surface area contributed by atoms with Crippen molar-refractivity contribution in [2.75, 3.05) is 0 Å². The molecule has 0 saturated heterocycles. The van der Waals surface area contributed by atoms with Crippen LogP contribution in [-0.2, 0) is 13.0 Å². The molecular weight excluding hydrogens is 210 g/mol. The summed E-state index contributed by atoms with van der Waals surface area (Å²) in [5.74, 6) is 1.02. The molecule has 0 bridgehead atoms. The molecule has 3 aliphatic carbocycles. The highest BCUT2D eigenvalue weighted by Gasteiger charge is 2.53. The molecule has 0 aliphatic heterocycles. The smallest absolute Gasteiger partial charge is 0.0807 e. The molecule has 0 amide bonds. The molecule has 17 heavy (non-hydrogen) atoms. The zero-order valence-electron chi connectivity index (χ0n) is 10.4. The van der Waals surface area contributed by atoms with Gasteiger partial charge < -0.3 is 9.67 Å². The van der Waals surface area contributed by atoms with Crippen LogP contribution in [0.4, 0.5) is 0 Å². The molecule has 0 radical (unpaired) electrons. The minimum Gasteiger partial charge on any atom is -0.388 e. The van der Waals surface area contributed by atoms with Gasteiger partial charge in [-0.3, -0.25) is 0 Å². The summed E-state index contributed by atoms with van der Waals surface area (Å²) in [7, 11) is 0. The van der Waals surface area contributed by atoms with E-state index >= 15 is 0 Å². The van der Waals surface area contributed by atoms with Crippen LogP contribution >= 0.6 is 0 Å². The van der Waals surface area contributed by atoms with E-state index < -0.39 is 0 Å². The van der Waals surface area contributed by atoms with Crippen molar-refractivity contribution in [1.29, 1.82) is 0 Å². The lowest BCUT2D eigenvalue weighted by Crippen LogP contribution is -2.18. The lowest BCUT2D eigenvalue weighted by Gasteiger charge is -2.23. The summed E-state index contributed by atoms with van der Waals surface area (Å²) < 4.78 is 2.46. The van der Waals surface area contributed by atoms with Crippen LogP contribution in [0.5, 0.6) is 0 Å². The Morgan fingerprint density at radius 3 is 2.82 bits per heavy atom. The summed E-state index contributed by atoms with van der Waals surface area (Å²) in [6, 6.07) is 2.15. The third-order valence-electron chi connectivity index (χ3n) is 5.18. The molecule has 0 aromatic carbocycles. The van der Waals surface area contributed by atoms with Crippen molar-refractivity contribution in [3.05, 3.63) is 23.5 Å². The van der Waals surface area contributed by atoms with Crippen LogP contribution in [0.15, 0.2) is 12.3 Å². The first-order chi connectivity index (χ1) is 8.28. The maximum Gasteiger partial charge on any atom is 0.0807 e. The second-order valence-corrected chi connectivity index (χ2v) is 6.39. The van der Waals surface area contributed by atoms with Crippen molar-refractivity contribution in [2.45, 2.75) is 57.6 Å². The number of hydrogen-bond acceptors (Lipinski definition) is 1. The average molecular weight is 231 g/mol. The number of aliphatic hydroxyl groups excluding tert-OH is 1. The van der Waals surface area contributed by atoms with Crippen LogP contribution in [-0.4, -0.2) is 9.67 Å².